The zero-order chi connectivity index (χ0) is 39.3. The van der Waals surface area contributed by atoms with Crippen molar-refractivity contribution in [2.24, 2.45) is 13.0 Å². The molecule has 4 aromatic rings. The molecule has 0 saturated carbocycles. The van der Waals surface area contributed by atoms with E-state index in [1.165, 1.54) is 11.6 Å². The number of aryl methyl sites for hydroxylation is 1. The summed E-state index contributed by atoms with van der Waals surface area (Å²) in [5.74, 6) is 0.284. The number of fused-ring (bicyclic) bond motifs is 1. The van der Waals surface area contributed by atoms with Crippen LogP contribution in [0.2, 0.25) is 5.02 Å². The van der Waals surface area contributed by atoms with Crippen LogP contribution in [-0.4, -0.2) is 109 Å². The van der Waals surface area contributed by atoms with Gasteiger partial charge in [-0.3, -0.25) is 34.2 Å². The van der Waals surface area contributed by atoms with Crippen molar-refractivity contribution in [3.63, 3.8) is 0 Å². The van der Waals surface area contributed by atoms with Crippen LogP contribution in [0.15, 0.2) is 59.5 Å². The summed E-state index contributed by atoms with van der Waals surface area (Å²) >= 11 is 6.54. The zero-order valence-corrected chi connectivity index (χ0v) is 32.1. The first-order chi connectivity index (χ1) is 27.0. The molecule has 0 radical (unpaired) electrons. The van der Waals surface area contributed by atoms with E-state index >= 15 is 0 Å². The monoisotopic (exact) mass is 784 g/mol. The number of nitrogens with zero attached hydrogens (tertiary/aromatic N) is 6. The maximum absolute atomic E-state index is 12.8. The molecule has 1 atom stereocenters. The molecule has 294 valence electrons. The lowest BCUT2D eigenvalue weighted by atomic mass is 9.95. The molecule has 1 unspecified atom stereocenters. The first-order valence-electron chi connectivity index (χ1n) is 18.8. The fraction of sp³-hybridized carbons (Fsp3) is 0.410. The molecule has 17 heteroatoms. The van der Waals surface area contributed by atoms with Gasteiger partial charge < -0.3 is 35.1 Å². The number of likely N-dealkylation sites (N-methyl/N-ethyl adjacent to an activating group) is 1. The lowest BCUT2D eigenvalue weighted by Gasteiger charge is -2.39. The Morgan fingerprint density at radius 1 is 0.946 bits per heavy atom. The SMILES string of the molecule is CNC(=O)COc1cc2cc(Nc3nc(N4CCN(CC5CCN(c6ccc(C(=O)NC7CCC(=O)NC7=O)cc6)CC5)CC4)ncc3Cl)ccc2n(C)c1=O. The third-order valence-corrected chi connectivity index (χ3v) is 10.9. The molecule has 4 N–H and O–H groups in total. The van der Waals surface area contributed by atoms with E-state index in [0.29, 0.717) is 45.9 Å². The molecule has 3 fully saturated rings. The van der Waals surface area contributed by atoms with E-state index in [2.05, 4.69) is 41.0 Å². The van der Waals surface area contributed by atoms with E-state index in [1.807, 2.05) is 30.3 Å². The van der Waals surface area contributed by atoms with E-state index in [0.717, 1.165) is 69.7 Å². The number of rotatable bonds is 11. The van der Waals surface area contributed by atoms with Crippen LogP contribution < -0.4 is 41.4 Å². The number of halogens is 1. The summed E-state index contributed by atoms with van der Waals surface area (Å²) in [7, 11) is 3.16. The molecule has 3 saturated heterocycles. The molecule has 3 aliphatic heterocycles. The van der Waals surface area contributed by atoms with Gasteiger partial charge in [0.1, 0.15) is 11.1 Å². The Labute approximate surface area is 328 Å². The number of imide groups is 1. The maximum Gasteiger partial charge on any atom is 0.293 e. The predicted octanol–water partition coefficient (Wildman–Crippen LogP) is 2.42. The second-order valence-corrected chi connectivity index (χ2v) is 14.7. The minimum atomic E-state index is -0.702. The van der Waals surface area contributed by atoms with Crippen molar-refractivity contribution < 1.29 is 23.9 Å². The summed E-state index contributed by atoms with van der Waals surface area (Å²) in [4.78, 5) is 76.9. The van der Waals surface area contributed by atoms with Crippen molar-refractivity contribution in [2.75, 3.05) is 74.6 Å². The normalized spacial score (nSPS) is 18.1. The second kappa shape index (κ2) is 17.0. The summed E-state index contributed by atoms with van der Waals surface area (Å²) < 4.78 is 6.98. The summed E-state index contributed by atoms with van der Waals surface area (Å²) in [5.41, 5.74) is 2.62. The minimum Gasteiger partial charge on any atom is -0.478 e. The highest BCUT2D eigenvalue weighted by Gasteiger charge is 2.29. The van der Waals surface area contributed by atoms with Crippen LogP contribution in [0.1, 0.15) is 36.0 Å². The van der Waals surface area contributed by atoms with Crippen LogP contribution in [0, 0.1) is 5.92 Å². The fourth-order valence-electron chi connectivity index (χ4n) is 7.35. The van der Waals surface area contributed by atoms with Gasteiger partial charge in [0.25, 0.3) is 17.4 Å². The average molecular weight is 785 g/mol. The molecule has 0 aliphatic carbocycles. The number of ether oxygens (including phenoxy) is 1. The van der Waals surface area contributed by atoms with Gasteiger partial charge in [0.05, 0.1) is 11.7 Å². The first kappa shape index (κ1) is 38.5. The topological polar surface area (TPSA) is 183 Å². The highest BCUT2D eigenvalue weighted by atomic mass is 35.5. The Morgan fingerprint density at radius 3 is 2.41 bits per heavy atom. The van der Waals surface area contributed by atoms with E-state index in [1.54, 1.807) is 31.4 Å². The zero-order valence-electron chi connectivity index (χ0n) is 31.3. The average Bonchev–Trinajstić information content (AvgIpc) is 3.21. The van der Waals surface area contributed by atoms with Crippen molar-refractivity contribution in [3.05, 3.63) is 75.7 Å². The second-order valence-electron chi connectivity index (χ2n) is 14.3. The third-order valence-electron chi connectivity index (χ3n) is 10.6. The summed E-state index contributed by atoms with van der Waals surface area (Å²) in [6.07, 6.45) is 4.26. The number of carbonyl (C=O) groups excluding carboxylic acids is 4. The Bertz CT molecular complexity index is 2180. The molecule has 0 spiro atoms. The quantitative estimate of drug-likeness (QED) is 0.163. The largest absolute Gasteiger partial charge is 0.478 e. The van der Waals surface area contributed by atoms with Crippen LogP contribution in [0.5, 0.6) is 5.75 Å². The highest BCUT2D eigenvalue weighted by Crippen LogP contribution is 2.29. The van der Waals surface area contributed by atoms with Gasteiger partial charge in [-0.25, -0.2) is 4.98 Å². The third kappa shape index (κ3) is 8.87. The lowest BCUT2D eigenvalue weighted by Crippen LogP contribution is -2.52. The first-order valence-corrected chi connectivity index (χ1v) is 19.2. The molecule has 3 aliphatic rings. The molecule has 0 bridgehead atoms. The number of anilines is 4. The summed E-state index contributed by atoms with van der Waals surface area (Å²) in [6, 6.07) is 13.9. The van der Waals surface area contributed by atoms with Crippen molar-refractivity contribution in [1.82, 2.24) is 35.4 Å². The van der Waals surface area contributed by atoms with Gasteiger partial charge in [-0.1, -0.05) is 11.6 Å². The van der Waals surface area contributed by atoms with Gasteiger partial charge in [-0.2, -0.15) is 4.98 Å². The number of carbonyl (C=O) groups is 4. The summed E-state index contributed by atoms with van der Waals surface area (Å²) in [6.45, 7) is 5.99. The lowest BCUT2D eigenvalue weighted by molar-refractivity contribution is -0.134. The Kier molecular flexibility index (Phi) is 11.7. The van der Waals surface area contributed by atoms with E-state index < -0.39 is 11.9 Å². The number of nitrogens with one attached hydrogen (secondary N) is 4. The van der Waals surface area contributed by atoms with E-state index in [9.17, 15) is 24.0 Å². The fourth-order valence-corrected chi connectivity index (χ4v) is 7.49. The van der Waals surface area contributed by atoms with E-state index in [-0.39, 0.29) is 42.1 Å². The standard InChI is InChI=1S/C39H45ClN10O6/c1-41-34(52)23-56-32-20-26-19-27(5-9-31(26)47(2)38(32)55)43-35-29(40)21-42-39(46-35)50-17-15-48(16-18-50)22-24-11-13-49(14-12-24)28-6-3-25(4-7-28)36(53)44-30-8-10-33(51)45-37(30)54/h3-7,9,19-21,24,30H,8,10-18,22-23H2,1-2H3,(H,41,52)(H,44,53)(H,42,43,46)(H,45,51,54). The molecule has 2 aromatic carbocycles. The van der Waals surface area contributed by atoms with Crippen molar-refractivity contribution >= 4 is 69.3 Å². The van der Waals surface area contributed by atoms with Crippen molar-refractivity contribution in [1.29, 1.82) is 0 Å². The number of aromatic nitrogens is 3. The van der Waals surface area contributed by atoms with E-state index in [4.69, 9.17) is 21.3 Å². The van der Waals surface area contributed by atoms with Gasteiger partial charge in [0.2, 0.25) is 17.8 Å². The number of amides is 4. The number of hydrogen-bond acceptors (Lipinski definition) is 12. The maximum atomic E-state index is 12.8. The molecular formula is C39H45ClN10O6. The number of benzene rings is 2. The van der Waals surface area contributed by atoms with Gasteiger partial charge in [-0.15, -0.1) is 0 Å². The van der Waals surface area contributed by atoms with Gasteiger partial charge in [0.15, 0.2) is 18.2 Å². The molecule has 16 nitrogen and oxygen atoms in total. The van der Waals surface area contributed by atoms with Crippen LogP contribution in [0.4, 0.5) is 23.1 Å². The van der Waals surface area contributed by atoms with Crippen LogP contribution in [0.3, 0.4) is 0 Å². The van der Waals surface area contributed by atoms with Crippen LogP contribution in [0.25, 0.3) is 10.9 Å². The molecule has 5 heterocycles. The highest BCUT2D eigenvalue weighted by molar-refractivity contribution is 6.33. The Morgan fingerprint density at radius 2 is 1.70 bits per heavy atom. The predicted molar refractivity (Wildman–Crippen MR) is 213 cm³/mol. The van der Waals surface area contributed by atoms with Crippen molar-refractivity contribution in [2.45, 2.75) is 31.7 Å². The molecule has 7 rings (SSSR count). The van der Waals surface area contributed by atoms with Gasteiger partial charge in [0, 0.05) is 88.7 Å². The van der Waals surface area contributed by atoms with Crippen molar-refractivity contribution in [3.8, 4) is 5.75 Å². The number of piperidine rings is 2. The van der Waals surface area contributed by atoms with Gasteiger partial charge >= 0.3 is 0 Å². The molecular weight excluding hydrogens is 740 g/mol. The number of piperazine rings is 1. The molecule has 2 aromatic heterocycles. The Balaban J connectivity index is 0.888. The van der Waals surface area contributed by atoms with Gasteiger partial charge in [-0.05, 0) is 73.7 Å². The Hall–Kier alpha value is -5.74. The number of hydrogen-bond donors (Lipinski definition) is 4. The van der Waals surface area contributed by atoms with Crippen LogP contribution in [-0.2, 0) is 21.4 Å². The smallest absolute Gasteiger partial charge is 0.293 e. The molecule has 56 heavy (non-hydrogen) atoms. The van der Waals surface area contributed by atoms with Crippen LogP contribution >= 0.6 is 11.6 Å². The number of pyridine rings is 1. The molecule has 4 amide bonds. The summed E-state index contributed by atoms with van der Waals surface area (Å²) in [5, 5.41) is 11.9. The minimum absolute atomic E-state index is 0.0779.